The minimum absolute atomic E-state index is 0.0167. The summed E-state index contributed by atoms with van der Waals surface area (Å²) in [4.78, 5) is 25.5. The predicted octanol–water partition coefficient (Wildman–Crippen LogP) is 3.53. The molecule has 0 fully saturated rings. The van der Waals surface area contributed by atoms with Crippen molar-refractivity contribution >= 4 is 17.3 Å². The topological polar surface area (TPSA) is 49.3 Å². The van der Waals surface area contributed by atoms with E-state index in [1.165, 1.54) is 0 Å². The molecule has 0 unspecified atom stereocenters. The van der Waals surface area contributed by atoms with Crippen molar-refractivity contribution in [3.8, 4) is 0 Å². The Hall–Kier alpha value is -3.21. The van der Waals surface area contributed by atoms with Gasteiger partial charge in [-0.15, -0.1) is 0 Å². The number of aromatic nitrogens is 2. The molecule has 2 aromatic heterocycles. The van der Waals surface area contributed by atoms with Crippen molar-refractivity contribution in [2.24, 2.45) is 0 Å². The molecule has 130 valence electrons. The Balaban J connectivity index is 1.68. The Labute approximate surface area is 152 Å². The zero-order valence-corrected chi connectivity index (χ0v) is 14.5. The van der Waals surface area contributed by atoms with Crippen molar-refractivity contribution in [2.75, 3.05) is 22.9 Å². The highest BCUT2D eigenvalue weighted by Crippen LogP contribution is 2.33. The number of anilines is 2. The molecule has 0 saturated carbocycles. The Morgan fingerprint density at radius 2 is 1.69 bits per heavy atom. The number of amides is 1. The van der Waals surface area contributed by atoms with E-state index >= 15 is 0 Å². The van der Waals surface area contributed by atoms with E-state index in [-0.39, 0.29) is 5.91 Å². The van der Waals surface area contributed by atoms with E-state index in [1.54, 1.807) is 30.7 Å². The van der Waals surface area contributed by atoms with Gasteiger partial charge in [0.15, 0.2) is 0 Å². The summed E-state index contributed by atoms with van der Waals surface area (Å²) in [6.45, 7) is 2.37. The van der Waals surface area contributed by atoms with E-state index in [4.69, 9.17) is 0 Å². The van der Waals surface area contributed by atoms with E-state index in [0.717, 1.165) is 36.4 Å². The fraction of sp³-hybridized carbons (Fsp3) is 0.190. The van der Waals surface area contributed by atoms with Gasteiger partial charge in [-0.05, 0) is 42.3 Å². The van der Waals surface area contributed by atoms with Crippen LogP contribution in [0.5, 0.6) is 0 Å². The van der Waals surface area contributed by atoms with Crippen LogP contribution in [0.15, 0.2) is 73.3 Å². The molecule has 0 atom stereocenters. The molecule has 3 aromatic rings. The summed E-state index contributed by atoms with van der Waals surface area (Å²) in [6, 6.07) is 15.7. The zero-order valence-electron chi connectivity index (χ0n) is 14.5. The van der Waals surface area contributed by atoms with Crippen LogP contribution < -0.4 is 9.80 Å². The van der Waals surface area contributed by atoms with Crippen LogP contribution in [0.3, 0.4) is 0 Å². The number of fused-ring (bicyclic) bond motifs is 1. The number of carbonyl (C=O) groups excluding carboxylic acids is 1. The molecule has 1 aliphatic rings. The summed E-state index contributed by atoms with van der Waals surface area (Å²) in [6.07, 6.45) is 7.91. The molecule has 0 saturated heterocycles. The first-order chi connectivity index (χ1) is 12.8. The average Bonchev–Trinajstić information content (AvgIpc) is 2.89. The number of para-hydroxylation sites is 2. The second-order valence-corrected chi connectivity index (χ2v) is 6.32. The lowest BCUT2D eigenvalue weighted by Crippen LogP contribution is -2.31. The molecule has 1 aromatic carbocycles. The van der Waals surface area contributed by atoms with Gasteiger partial charge in [0.05, 0.1) is 11.4 Å². The Kier molecular flexibility index (Phi) is 4.60. The zero-order chi connectivity index (χ0) is 17.8. The third-order valence-corrected chi connectivity index (χ3v) is 4.59. The van der Waals surface area contributed by atoms with Crippen molar-refractivity contribution in [1.82, 2.24) is 9.97 Å². The predicted molar refractivity (Wildman–Crippen MR) is 102 cm³/mol. The normalized spacial score (nSPS) is 13.8. The highest BCUT2D eigenvalue weighted by molar-refractivity contribution is 6.07. The third-order valence-electron chi connectivity index (χ3n) is 4.59. The maximum atomic E-state index is 13.0. The summed E-state index contributed by atoms with van der Waals surface area (Å²) in [5, 5.41) is 0. The maximum absolute atomic E-state index is 13.0. The molecule has 0 aliphatic carbocycles. The van der Waals surface area contributed by atoms with Gasteiger partial charge in [-0.3, -0.25) is 14.8 Å². The molecule has 5 nitrogen and oxygen atoms in total. The van der Waals surface area contributed by atoms with Crippen LogP contribution >= 0.6 is 0 Å². The quantitative estimate of drug-likeness (QED) is 0.729. The van der Waals surface area contributed by atoms with Crippen molar-refractivity contribution in [2.45, 2.75) is 13.0 Å². The Bertz CT molecular complexity index is 883. The lowest BCUT2D eigenvalue weighted by atomic mass is 10.1. The van der Waals surface area contributed by atoms with Gasteiger partial charge in [-0.2, -0.15) is 0 Å². The van der Waals surface area contributed by atoms with Crippen LogP contribution in [0.1, 0.15) is 22.3 Å². The van der Waals surface area contributed by atoms with E-state index < -0.39 is 0 Å². The van der Waals surface area contributed by atoms with Crippen molar-refractivity contribution in [1.29, 1.82) is 0 Å². The van der Waals surface area contributed by atoms with Gasteiger partial charge in [-0.25, -0.2) is 0 Å². The molecule has 0 N–H and O–H groups in total. The summed E-state index contributed by atoms with van der Waals surface area (Å²) in [7, 11) is 0. The number of hydrogen-bond acceptors (Lipinski definition) is 4. The summed E-state index contributed by atoms with van der Waals surface area (Å²) in [5.41, 5.74) is 3.86. The van der Waals surface area contributed by atoms with Crippen LogP contribution in [-0.4, -0.2) is 29.0 Å². The minimum atomic E-state index is 0.0167. The molecule has 1 amide bonds. The number of pyridine rings is 2. The number of rotatable bonds is 3. The van der Waals surface area contributed by atoms with Gasteiger partial charge in [0.25, 0.3) is 5.91 Å². The highest BCUT2D eigenvalue weighted by Gasteiger charge is 2.25. The standard InChI is InChI=1S/C21H20N4O/c26-21(18-8-11-22-12-9-18)25-14-4-13-24(16-17-5-3-10-23-15-17)19-6-1-2-7-20(19)25/h1-3,5-12,15H,4,13-14,16H2. The van der Waals surface area contributed by atoms with Crippen molar-refractivity contribution in [3.05, 3.63) is 84.4 Å². The molecule has 1 aliphatic heterocycles. The van der Waals surface area contributed by atoms with Crippen LogP contribution in [-0.2, 0) is 6.54 Å². The summed E-state index contributed by atoms with van der Waals surface area (Å²) in [5.74, 6) is 0.0167. The summed E-state index contributed by atoms with van der Waals surface area (Å²) >= 11 is 0. The van der Waals surface area contributed by atoms with Gasteiger partial charge in [0.1, 0.15) is 0 Å². The van der Waals surface area contributed by atoms with Crippen LogP contribution in [0.4, 0.5) is 11.4 Å². The van der Waals surface area contributed by atoms with Crippen LogP contribution in [0, 0.1) is 0 Å². The second kappa shape index (κ2) is 7.35. The summed E-state index contributed by atoms with van der Waals surface area (Å²) < 4.78 is 0. The largest absolute Gasteiger partial charge is 0.365 e. The lowest BCUT2D eigenvalue weighted by molar-refractivity contribution is 0.0987. The third kappa shape index (κ3) is 3.28. The molecule has 0 radical (unpaired) electrons. The maximum Gasteiger partial charge on any atom is 0.258 e. The molecule has 4 rings (SSSR count). The molecule has 0 bridgehead atoms. The van der Waals surface area contributed by atoms with Gasteiger partial charge in [-0.1, -0.05) is 18.2 Å². The van der Waals surface area contributed by atoms with Gasteiger partial charge >= 0.3 is 0 Å². The number of carbonyl (C=O) groups is 1. The molecule has 5 heteroatoms. The van der Waals surface area contributed by atoms with E-state index in [1.807, 2.05) is 35.4 Å². The van der Waals surface area contributed by atoms with Gasteiger partial charge in [0.2, 0.25) is 0 Å². The van der Waals surface area contributed by atoms with Gasteiger partial charge in [0, 0.05) is 50.0 Å². The molecule has 0 spiro atoms. The number of hydrogen-bond donors (Lipinski definition) is 0. The highest BCUT2D eigenvalue weighted by atomic mass is 16.2. The first kappa shape index (κ1) is 16.3. The molecule has 26 heavy (non-hydrogen) atoms. The molecular formula is C21H20N4O. The molecule has 3 heterocycles. The Morgan fingerprint density at radius 3 is 2.46 bits per heavy atom. The fourth-order valence-corrected chi connectivity index (χ4v) is 3.36. The van der Waals surface area contributed by atoms with Crippen molar-refractivity contribution < 1.29 is 4.79 Å². The van der Waals surface area contributed by atoms with Crippen LogP contribution in [0.25, 0.3) is 0 Å². The average molecular weight is 344 g/mol. The number of benzene rings is 1. The number of nitrogens with zero attached hydrogens (tertiary/aromatic N) is 4. The monoisotopic (exact) mass is 344 g/mol. The smallest absolute Gasteiger partial charge is 0.258 e. The lowest BCUT2D eigenvalue weighted by Gasteiger charge is -2.26. The first-order valence-corrected chi connectivity index (χ1v) is 8.78. The van der Waals surface area contributed by atoms with Crippen molar-refractivity contribution in [3.63, 3.8) is 0 Å². The van der Waals surface area contributed by atoms with E-state index in [2.05, 4.69) is 27.0 Å². The SMILES string of the molecule is O=C(c1ccncc1)N1CCCN(Cc2cccnc2)c2ccccc21. The van der Waals surface area contributed by atoms with E-state index in [9.17, 15) is 4.79 Å². The fourth-order valence-electron chi connectivity index (χ4n) is 3.36. The van der Waals surface area contributed by atoms with E-state index in [0.29, 0.717) is 12.1 Å². The first-order valence-electron chi connectivity index (χ1n) is 8.78. The second-order valence-electron chi connectivity index (χ2n) is 6.32. The molecular weight excluding hydrogens is 324 g/mol. The van der Waals surface area contributed by atoms with Crippen LogP contribution in [0.2, 0.25) is 0 Å². The minimum Gasteiger partial charge on any atom is -0.365 e. The Morgan fingerprint density at radius 1 is 0.885 bits per heavy atom. The van der Waals surface area contributed by atoms with Gasteiger partial charge < -0.3 is 9.80 Å².